The Balaban J connectivity index is 2.99. The van der Waals surface area contributed by atoms with Crippen LogP contribution in [0.15, 0.2) is 4.99 Å². The van der Waals surface area contributed by atoms with Gasteiger partial charge >= 0.3 is 5.97 Å². The Morgan fingerprint density at radius 3 is 1.84 bits per heavy atom. The molecule has 0 radical (unpaired) electrons. The average molecular weight is 277 g/mol. The second-order valence-corrected chi connectivity index (χ2v) is 3.26. The molecule has 1 N–H and O–H groups in total. The molecule has 0 amide bonds. The molecule has 0 aromatic rings. The predicted octanol–water partition coefficient (Wildman–Crippen LogP) is -0.527. The van der Waals surface area contributed by atoms with Crippen LogP contribution >= 0.6 is 0 Å². The molecule has 19 heavy (non-hydrogen) atoms. The minimum Gasteiger partial charge on any atom is -0.480 e. The normalized spacial score (nSPS) is 10.1. The van der Waals surface area contributed by atoms with E-state index < -0.39 is 5.97 Å². The van der Waals surface area contributed by atoms with Gasteiger partial charge < -0.3 is 24.1 Å². The first-order chi connectivity index (χ1) is 9.27. The van der Waals surface area contributed by atoms with E-state index in [9.17, 15) is 9.59 Å². The molecular weight excluding hydrogens is 258 g/mol. The highest BCUT2D eigenvalue weighted by molar-refractivity contribution is 5.67. The van der Waals surface area contributed by atoms with Crippen molar-refractivity contribution in [1.82, 2.24) is 0 Å². The van der Waals surface area contributed by atoms with E-state index in [1.54, 1.807) is 0 Å². The SMILES string of the molecule is O=C=NCCOCCOCCOCCOCC(=O)O. The Hall–Kier alpha value is -1.31. The maximum absolute atomic E-state index is 10.1. The van der Waals surface area contributed by atoms with Crippen LogP contribution in [0.5, 0.6) is 0 Å². The molecule has 0 heterocycles. The predicted molar refractivity (Wildman–Crippen MR) is 63.9 cm³/mol. The van der Waals surface area contributed by atoms with Crippen molar-refractivity contribution in [1.29, 1.82) is 0 Å². The molecule has 0 spiro atoms. The number of carbonyl (C=O) groups excluding carboxylic acids is 1. The Morgan fingerprint density at radius 2 is 1.37 bits per heavy atom. The van der Waals surface area contributed by atoms with Crippen molar-refractivity contribution in [2.45, 2.75) is 0 Å². The number of carboxylic acid groups (broad SMARTS) is 1. The lowest BCUT2D eigenvalue weighted by Gasteiger charge is -2.06. The summed E-state index contributed by atoms with van der Waals surface area (Å²) in [5.74, 6) is -0.998. The molecule has 0 aromatic heterocycles. The summed E-state index contributed by atoms with van der Waals surface area (Å²) in [4.78, 5) is 23.1. The lowest BCUT2D eigenvalue weighted by atomic mass is 10.6. The molecule has 0 atom stereocenters. The second kappa shape index (κ2) is 14.7. The van der Waals surface area contributed by atoms with Crippen LogP contribution in [0.1, 0.15) is 0 Å². The molecule has 0 aliphatic rings. The van der Waals surface area contributed by atoms with Crippen LogP contribution in [0.3, 0.4) is 0 Å². The topological polar surface area (TPSA) is 104 Å². The van der Waals surface area contributed by atoms with Crippen molar-refractivity contribution >= 4 is 12.0 Å². The van der Waals surface area contributed by atoms with Crippen LogP contribution in [0.2, 0.25) is 0 Å². The molecule has 0 saturated heterocycles. The summed E-state index contributed by atoms with van der Waals surface area (Å²) in [5.41, 5.74) is 0. The number of hydrogen-bond donors (Lipinski definition) is 1. The monoisotopic (exact) mass is 277 g/mol. The molecule has 0 aliphatic heterocycles. The molecule has 0 bridgehead atoms. The summed E-state index contributed by atoms with van der Waals surface area (Å²) in [5, 5.41) is 8.28. The van der Waals surface area contributed by atoms with Gasteiger partial charge in [0.05, 0.1) is 52.8 Å². The highest BCUT2D eigenvalue weighted by Crippen LogP contribution is 1.83. The summed E-state index contributed by atoms with van der Waals surface area (Å²) in [6.07, 6.45) is 1.42. The third-order valence-corrected chi connectivity index (χ3v) is 1.75. The maximum Gasteiger partial charge on any atom is 0.329 e. The van der Waals surface area contributed by atoms with E-state index in [1.165, 1.54) is 6.08 Å². The molecule has 0 rings (SSSR count). The number of nitrogens with zero attached hydrogens (tertiary/aromatic N) is 1. The van der Waals surface area contributed by atoms with E-state index >= 15 is 0 Å². The fraction of sp³-hybridized carbons (Fsp3) is 0.818. The van der Waals surface area contributed by atoms with Gasteiger partial charge in [-0.3, -0.25) is 0 Å². The van der Waals surface area contributed by atoms with Gasteiger partial charge in [-0.25, -0.2) is 14.6 Å². The lowest BCUT2D eigenvalue weighted by molar-refractivity contribution is -0.142. The van der Waals surface area contributed by atoms with Gasteiger partial charge in [-0.15, -0.1) is 0 Å². The molecule has 0 unspecified atom stereocenters. The average Bonchev–Trinajstić information content (AvgIpc) is 2.39. The second-order valence-electron chi connectivity index (χ2n) is 3.26. The largest absolute Gasteiger partial charge is 0.480 e. The number of hydrogen-bond acceptors (Lipinski definition) is 7. The Morgan fingerprint density at radius 1 is 0.895 bits per heavy atom. The van der Waals surface area contributed by atoms with Gasteiger partial charge in [0.15, 0.2) is 0 Å². The zero-order valence-electron chi connectivity index (χ0n) is 10.7. The van der Waals surface area contributed by atoms with Gasteiger partial charge in [0.1, 0.15) is 6.61 Å². The summed E-state index contributed by atoms with van der Waals surface area (Å²) >= 11 is 0. The van der Waals surface area contributed by atoms with Gasteiger partial charge in [0.2, 0.25) is 6.08 Å². The number of isocyanates is 1. The molecular formula is C11H19NO7. The number of aliphatic imine (C=N–C) groups is 1. The van der Waals surface area contributed by atoms with Crippen LogP contribution in [-0.2, 0) is 28.5 Å². The Bertz CT molecular complexity index is 254. The third-order valence-electron chi connectivity index (χ3n) is 1.75. The van der Waals surface area contributed by atoms with Crippen LogP contribution in [0.25, 0.3) is 0 Å². The zero-order valence-corrected chi connectivity index (χ0v) is 10.7. The molecule has 0 aliphatic carbocycles. The van der Waals surface area contributed by atoms with Gasteiger partial charge in [-0.05, 0) is 0 Å². The van der Waals surface area contributed by atoms with E-state index in [4.69, 9.17) is 24.1 Å². The Labute approximate surface area is 111 Å². The zero-order chi connectivity index (χ0) is 14.2. The molecule has 8 heteroatoms. The fourth-order valence-corrected chi connectivity index (χ4v) is 0.975. The smallest absolute Gasteiger partial charge is 0.329 e. The lowest BCUT2D eigenvalue weighted by Crippen LogP contribution is -2.14. The van der Waals surface area contributed by atoms with Crippen LogP contribution in [0.4, 0.5) is 0 Å². The molecule has 0 aromatic carbocycles. The van der Waals surface area contributed by atoms with Crippen LogP contribution < -0.4 is 0 Å². The number of carboxylic acids is 1. The van der Waals surface area contributed by atoms with E-state index in [1.807, 2.05) is 0 Å². The van der Waals surface area contributed by atoms with E-state index in [2.05, 4.69) is 4.99 Å². The van der Waals surface area contributed by atoms with Crippen LogP contribution in [0, 0.1) is 0 Å². The number of ether oxygens (including phenoxy) is 4. The fourth-order valence-electron chi connectivity index (χ4n) is 0.975. The molecule has 110 valence electrons. The summed E-state index contributed by atoms with van der Waals surface area (Å²) in [6, 6.07) is 0. The van der Waals surface area contributed by atoms with Gasteiger partial charge in [0, 0.05) is 0 Å². The van der Waals surface area contributed by atoms with Gasteiger partial charge in [0.25, 0.3) is 0 Å². The third kappa shape index (κ3) is 16.7. The summed E-state index contributed by atoms with van der Waals surface area (Å²) in [7, 11) is 0. The van der Waals surface area contributed by atoms with Crippen molar-refractivity contribution in [2.75, 3.05) is 59.4 Å². The van der Waals surface area contributed by atoms with Crippen molar-refractivity contribution in [3.63, 3.8) is 0 Å². The highest BCUT2D eigenvalue weighted by Gasteiger charge is 1.96. The maximum atomic E-state index is 10.1. The molecule has 8 nitrogen and oxygen atoms in total. The first-order valence-electron chi connectivity index (χ1n) is 5.83. The quantitative estimate of drug-likeness (QED) is 0.258. The van der Waals surface area contributed by atoms with Crippen LogP contribution in [-0.4, -0.2) is 76.6 Å². The standard InChI is InChI=1S/C11H19NO7/c13-10-12-1-2-16-3-4-17-5-6-18-7-8-19-9-11(14)15/h1-9H2,(H,14,15). The molecule has 0 fully saturated rings. The van der Waals surface area contributed by atoms with E-state index in [0.29, 0.717) is 46.2 Å². The number of aliphatic carboxylic acids is 1. The van der Waals surface area contributed by atoms with Crippen molar-refractivity contribution in [3.8, 4) is 0 Å². The minimum atomic E-state index is -0.998. The summed E-state index contributed by atoms with van der Waals surface area (Å²) in [6.45, 7) is 2.63. The van der Waals surface area contributed by atoms with Crippen molar-refractivity contribution < 1.29 is 33.6 Å². The summed E-state index contributed by atoms with van der Waals surface area (Å²) < 4.78 is 20.2. The van der Waals surface area contributed by atoms with Crippen molar-refractivity contribution in [2.24, 2.45) is 4.99 Å². The van der Waals surface area contributed by atoms with Gasteiger partial charge in [-0.2, -0.15) is 0 Å². The van der Waals surface area contributed by atoms with Crippen molar-refractivity contribution in [3.05, 3.63) is 0 Å². The molecule has 0 saturated carbocycles. The first-order valence-corrected chi connectivity index (χ1v) is 5.83. The first kappa shape index (κ1) is 17.7. The van der Waals surface area contributed by atoms with Gasteiger partial charge in [-0.1, -0.05) is 0 Å². The van der Waals surface area contributed by atoms with E-state index in [-0.39, 0.29) is 13.2 Å². The number of rotatable bonds is 14. The highest BCUT2D eigenvalue weighted by atomic mass is 16.6. The Kier molecular flexibility index (Phi) is 13.7. The number of carbonyl (C=O) groups is 1. The minimum absolute atomic E-state index is 0.243. The van der Waals surface area contributed by atoms with E-state index in [0.717, 1.165) is 0 Å².